The molecule has 5 aromatic carbocycles. The maximum absolute atomic E-state index is 11.5. The molecule has 2 atom stereocenters. The van der Waals surface area contributed by atoms with Crippen LogP contribution >= 0.6 is 0 Å². The molecule has 0 heterocycles. The molecule has 0 saturated heterocycles. The van der Waals surface area contributed by atoms with E-state index in [-0.39, 0.29) is 18.6 Å². The second kappa shape index (κ2) is 23.9. The number of ether oxygens (including phenoxy) is 4. The van der Waals surface area contributed by atoms with Crippen LogP contribution < -0.4 is 9.47 Å². The van der Waals surface area contributed by atoms with Crippen LogP contribution in [0.1, 0.15) is 79.1 Å². The van der Waals surface area contributed by atoms with Crippen molar-refractivity contribution >= 4 is 18.5 Å². The summed E-state index contributed by atoms with van der Waals surface area (Å²) in [6, 6.07) is 32.9. The van der Waals surface area contributed by atoms with Gasteiger partial charge in [-0.1, -0.05) is 123 Å². The molecule has 10 heteroatoms. The smallest absolute Gasteiger partial charge is 0.330 e. The summed E-state index contributed by atoms with van der Waals surface area (Å²) in [4.78, 5) is 31.9. The highest BCUT2D eigenvalue weighted by molar-refractivity contribution is 5.90. The summed E-state index contributed by atoms with van der Waals surface area (Å²) < 4.78 is 23.2. The molecule has 0 aliphatic heterocycles. The first-order chi connectivity index (χ1) is 30.2. The van der Waals surface area contributed by atoms with E-state index in [1.165, 1.54) is 22.3 Å². The lowest BCUT2D eigenvalue weighted by Crippen LogP contribution is -2.32. The van der Waals surface area contributed by atoms with Crippen LogP contribution in [0.25, 0.3) is 11.1 Å². The summed E-state index contributed by atoms with van der Waals surface area (Å²) >= 11 is 0. The van der Waals surface area contributed by atoms with Gasteiger partial charge in [0.15, 0.2) is 12.6 Å². The minimum absolute atomic E-state index is 0.0169. The molecular formula is C53H62O10. The molecule has 5 aromatic rings. The zero-order chi connectivity index (χ0) is 46.9. The standard InChI is InChI=1S/C43H48O6.C8H6O2.2CH4O/c1-10-39(45)47-23-34(44)24-48-40-28(4)19-32(20-29(40)5)43(37-17-13-11-15-35(37)36-16-12-14-18-38(36)43)33-21-30(6)41(31(7)22-33)49-26-42(8,25-46-9)27(2)3;9-5-7-3-1-2-4-8(7)6-10;2*1-2/h10-22,34,44H,1-2,23-26H2,3-9H3;1-6H;2*2H,1H3. The van der Waals surface area contributed by atoms with Crippen molar-refractivity contribution in [2.75, 3.05) is 47.8 Å². The van der Waals surface area contributed by atoms with Gasteiger partial charge in [-0.05, 0) is 90.3 Å². The van der Waals surface area contributed by atoms with Crippen molar-refractivity contribution in [2.45, 2.75) is 53.1 Å². The van der Waals surface area contributed by atoms with Gasteiger partial charge in [-0.25, -0.2) is 4.79 Å². The molecule has 1 aliphatic carbocycles. The fraction of sp³-hybridized carbons (Fsp3) is 0.302. The van der Waals surface area contributed by atoms with E-state index in [0.717, 1.165) is 65.0 Å². The van der Waals surface area contributed by atoms with Gasteiger partial charge >= 0.3 is 5.97 Å². The van der Waals surface area contributed by atoms with E-state index in [1.807, 2.05) is 20.8 Å². The minimum atomic E-state index is -0.975. The van der Waals surface area contributed by atoms with Crippen LogP contribution in [-0.4, -0.2) is 87.7 Å². The topological polar surface area (TPSA) is 149 Å². The Balaban J connectivity index is 0.000000651. The second-order valence-electron chi connectivity index (χ2n) is 15.4. The minimum Gasteiger partial charge on any atom is -0.492 e. The summed E-state index contributed by atoms with van der Waals surface area (Å²) in [7, 11) is 3.71. The maximum atomic E-state index is 11.5. The molecule has 0 bridgehead atoms. The Hall–Kier alpha value is -6.17. The van der Waals surface area contributed by atoms with Crippen molar-refractivity contribution in [2.24, 2.45) is 5.41 Å². The van der Waals surface area contributed by atoms with Gasteiger partial charge < -0.3 is 34.3 Å². The molecule has 0 aromatic heterocycles. The molecular weight excluding hydrogens is 797 g/mol. The van der Waals surface area contributed by atoms with Crippen LogP contribution in [0.5, 0.6) is 11.5 Å². The number of hydrogen-bond donors (Lipinski definition) is 3. The zero-order valence-electron chi connectivity index (χ0n) is 38.0. The molecule has 0 saturated carbocycles. The lowest BCUT2D eigenvalue weighted by atomic mass is 9.66. The maximum Gasteiger partial charge on any atom is 0.330 e. The summed E-state index contributed by atoms with van der Waals surface area (Å²) in [5.41, 5.74) is 12.1. The van der Waals surface area contributed by atoms with Gasteiger partial charge in [0, 0.05) is 43.9 Å². The van der Waals surface area contributed by atoms with E-state index in [9.17, 15) is 19.5 Å². The number of aldehydes is 2. The lowest BCUT2D eigenvalue weighted by molar-refractivity contribution is -0.141. The van der Waals surface area contributed by atoms with Gasteiger partial charge in [-0.2, -0.15) is 0 Å². The predicted octanol–water partition coefficient (Wildman–Crippen LogP) is 8.89. The quantitative estimate of drug-likeness (QED) is 0.0373. The normalized spacial score (nSPS) is 13.0. The van der Waals surface area contributed by atoms with Crippen LogP contribution in [-0.2, 0) is 19.7 Å². The fourth-order valence-corrected chi connectivity index (χ4v) is 7.84. The van der Waals surface area contributed by atoms with Gasteiger partial charge in [0.1, 0.15) is 30.8 Å². The summed E-state index contributed by atoms with van der Waals surface area (Å²) in [6.07, 6.45) is 1.44. The third kappa shape index (κ3) is 11.5. The Bertz CT molecular complexity index is 2240. The molecule has 334 valence electrons. The number of rotatable bonds is 16. The molecule has 10 nitrogen and oxygen atoms in total. The first kappa shape index (κ1) is 51.2. The number of aryl methyl sites for hydroxylation is 4. The van der Waals surface area contributed by atoms with Crippen LogP contribution in [0.2, 0.25) is 0 Å². The number of aliphatic hydroxyl groups excluding tert-OH is 3. The van der Waals surface area contributed by atoms with Gasteiger partial charge in [-0.15, -0.1) is 0 Å². The van der Waals surface area contributed by atoms with Crippen LogP contribution in [0.4, 0.5) is 0 Å². The Kier molecular flexibility index (Phi) is 19.4. The third-order valence-corrected chi connectivity index (χ3v) is 11.0. The van der Waals surface area contributed by atoms with E-state index in [0.29, 0.717) is 42.7 Å². The summed E-state index contributed by atoms with van der Waals surface area (Å²) in [6.45, 7) is 20.8. The SMILES string of the molecule is C=CC(=O)OCC(O)COc1c(C)cc(C2(c3cc(C)c(OCC(C)(COC)C(=C)C)c(C)c3)c3ccccc3-c3ccccc32)cc1C.CO.CO.O=Cc1ccccc1C=O. The van der Waals surface area contributed by atoms with E-state index >= 15 is 0 Å². The number of esters is 1. The van der Waals surface area contributed by atoms with E-state index in [1.54, 1.807) is 31.4 Å². The molecule has 3 N–H and O–H groups in total. The number of methoxy groups -OCH3 is 1. The van der Waals surface area contributed by atoms with Crippen molar-refractivity contribution in [3.8, 4) is 22.6 Å². The predicted molar refractivity (Wildman–Crippen MR) is 249 cm³/mol. The Morgan fingerprint density at radius 1 is 0.698 bits per heavy atom. The Labute approximate surface area is 372 Å². The molecule has 0 amide bonds. The van der Waals surface area contributed by atoms with Crippen molar-refractivity contribution in [1.82, 2.24) is 0 Å². The third-order valence-electron chi connectivity index (χ3n) is 11.0. The monoisotopic (exact) mass is 858 g/mol. The average molecular weight is 859 g/mol. The van der Waals surface area contributed by atoms with E-state index in [4.69, 9.17) is 29.2 Å². The Morgan fingerprint density at radius 2 is 1.11 bits per heavy atom. The van der Waals surface area contributed by atoms with Gasteiger partial charge in [0.25, 0.3) is 0 Å². The molecule has 1 aliphatic rings. The number of carbonyl (C=O) groups excluding carboxylic acids is 3. The highest BCUT2D eigenvalue weighted by Crippen LogP contribution is 2.57. The molecule has 63 heavy (non-hydrogen) atoms. The lowest BCUT2D eigenvalue weighted by Gasteiger charge is -2.36. The number of aliphatic hydroxyl groups is 3. The fourth-order valence-electron chi connectivity index (χ4n) is 7.84. The van der Waals surface area contributed by atoms with Crippen LogP contribution in [0, 0.1) is 33.1 Å². The van der Waals surface area contributed by atoms with E-state index < -0.39 is 17.5 Å². The average Bonchev–Trinajstić information content (AvgIpc) is 3.60. The largest absolute Gasteiger partial charge is 0.492 e. The number of carbonyl (C=O) groups is 3. The van der Waals surface area contributed by atoms with Gasteiger partial charge in [0.2, 0.25) is 0 Å². The summed E-state index contributed by atoms with van der Waals surface area (Å²) in [5.74, 6) is 0.982. The highest BCUT2D eigenvalue weighted by Gasteiger charge is 2.46. The summed E-state index contributed by atoms with van der Waals surface area (Å²) in [5, 5.41) is 24.4. The van der Waals surface area contributed by atoms with Crippen LogP contribution in [0.3, 0.4) is 0 Å². The molecule has 6 rings (SSSR count). The van der Waals surface area contributed by atoms with Gasteiger partial charge in [0.05, 0.1) is 18.6 Å². The molecule has 0 fully saturated rings. The number of benzene rings is 5. The van der Waals surface area contributed by atoms with Crippen molar-refractivity contribution < 1.29 is 48.7 Å². The number of hydrogen-bond acceptors (Lipinski definition) is 10. The van der Waals surface area contributed by atoms with Gasteiger partial charge in [-0.3, -0.25) is 9.59 Å². The Morgan fingerprint density at radius 3 is 1.51 bits per heavy atom. The highest BCUT2D eigenvalue weighted by atomic mass is 16.5. The van der Waals surface area contributed by atoms with Crippen molar-refractivity contribution in [1.29, 1.82) is 0 Å². The van der Waals surface area contributed by atoms with E-state index in [2.05, 4.69) is 107 Å². The first-order valence-corrected chi connectivity index (χ1v) is 20.4. The molecule has 2 unspecified atom stereocenters. The zero-order valence-corrected chi connectivity index (χ0v) is 38.0. The van der Waals surface area contributed by atoms with Crippen molar-refractivity contribution in [3.05, 3.63) is 178 Å². The molecule has 0 radical (unpaired) electrons. The van der Waals surface area contributed by atoms with Crippen molar-refractivity contribution in [3.63, 3.8) is 0 Å². The molecule has 0 spiro atoms. The van der Waals surface area contributed by atoms with Crippen LogP contribution in [0.15, 0.2) is 122 Å². The second-order valence-corrected chi connectivity index (χ2v) is 15.4. The first-order valence-electron chi connectivity index (χ1n) is 20.4. The number of fused-ring (bicyclic) bond motifs is 3.